The first-order chi connectivity index (χ1) is 40.2. The van der Waals surface area contributed by atoms with Gasteiger partial charge in [0.1, 0.15) is 24.2 Å². The van der Waals surface area contributed by atoms with E-state index in [4.69, 9.17) is 41.0 Å². The van der Waals surface area contributed by atoms with Crippen molar-refractivity contribution in [3.05, 3.63) is 118 Å². The van der Waals surface area contributed by atoms with E-state index in [1.54, 1.807) is 52.9 Å². The van der Waals surface area contributed by atoms with Crippen molar-refractivity contribution in [3.63, 3.8) is 0 Å². The number of carbonyl (C=O) groups is 5. The Hall–Kier alpha value is -6.41. The van der Waals surface area contributed by atoms with Crippen LogP contribution in [0.3, 0.4) is 0 Å². The van der Waals surface area contributed by atoms with Crippen molar-refractivity contribution in [1.29, 1.82) is 0 Å². The molecule has 0 radical (unpaired) electrons. The van der Waals surface area contributed by atoms with Gasteiger partial charge in [-0.1, -0.05) is 69.6 Å². The van der Waals surface area contributed by atoms with Gasteiger partial charge in [-0.15, -0.1) is 0 Å². The van der Waals surface area contributed by atoms with Gasteiger partial charge in [0.25, 0.3) is 11.8 Å². The van der Waals surface area contributed by atoms with Crippen LogP contribution in [0, 0.1) is 17.0 Å². The highest BCUT2D eigenvalue weighted by molar-refractivity contribution is 6.30. The lowest BCUT2D eigenvalue weighted by atomic mass is 9.85. The molecule has 1 aromatic heterocycles. The molecule has 21 nitrogen and oxygen atoms in total. The number of nitrogens with zero attached hydrogens (tertiary/aromatic N) is 4. The van der Waals surface area contributed by atoms with Crippen LogP contribution in [0.15, 0.2) is 79.0 Å². The number of nitrogens with one attached hydrogen (secondary N) is 5. The number of benzene rings is 3. The Kier molecular flexibility index (Phi) is 26.0. The van der Waals surface area contributed by atoms with E-state index in [0.717, 1.165) is 24.1 Å². The van der Waals surface area contributed by atoms with E-state index in [0.29, 0.717) is 103 Å². The second-order valence-corrected chi connectivity index (χ2v) is 22.2. The molecule has 460 valence electrons. The largest absolute Gasteiger partial charge is 0.482 e. The normalized spacial score (nSPS) is 17.3. The summed E-state index contributed by atoms with van der Waals surface area (Å²) >= 11 is 5.84. The van der Waals surface area contributed by atoms with Crippen molar-refractivity contribution in [2.24, 2.45) is 5.41 Å². The number of pyridine rings is 1. The summed E-state index contributed by atoms with van der Waals surface area (Å²) in [7, 11) is 1.69. The van der Waals surface area contributed by atoms with Crippen molar-refractivity contribution in [2.75, 3.05) is 110 Å². The van der Waals surface area contributed by atoms with E-state index < -0.39 is 59.0 Å². The van der Waals surface area contributed by atoms with Crippen LogP contribution in [0.25, 0.3) is 0 Å². The number of rotatable bonds is 31. The molecule has 1 unspecified atom stereocenters. The zero-order chi connectivity index (χ0) is 60.9. The summed E-state index contributed by atoms with van der Waals surface area (Å²) in [6.07, 6.45) is 0.456. The van der Waals surface area contributed by atoms with Gasteiger partial charge in [0.15, 0.2) is 17.4 Å². The molecule has 8 N–H and O–H groups in total. The predicted molar refractivity (Wildman–Crippen MR) is 314 cm³/mol. The lowest BCUT2D eigenvalue weighted by Crippen LogP contribution is -2.60. The Balaban J connectivity index is 0.807. The molecule has 2 saturated heterocycles. The Morgan fingerprint density at radius 2 is 1.45 bits per heavy atom. The number of amides is 5. The van der Waals surface area contributed by atoms with Crippen molar-refractivity contribution in [3.8, 4) is 5.75 Å². The maximum Gasteiger partial charge on any atom is 0.257 e. The highest BCUT2D eigenvalue weighted by Crippen LogP contribution is 2.33. The van der Waals surface area contributed by atoms with Crippen LogP contribution in [-0.4, -0.2) is 184 Å². The Morgan fingerprint density at radius 1 is 0.833 bits per heavy atom. The average molecular weight is 1190 g/mol. The number of likely N-dealkylation sites (tertiary alicyclic amines) is 1. The van der Waals surface area contributed by atoms with E-state index in [-0.39, 0.29) is 70.9 Å². The molecule has 24 heteroatoms. The van der Waals surface area contributed by atoms with E-state index in [1.807, 2.05) is 58.0 Å². The third kappa shape index (κ3) is 19.3. The number of aromatic nitrogens is 1. The van der Waals surface area contributed by atoms with E-state index >= 15 is 0 Å². The quantitative estimate of drug-likeness (QED) is 0.0187. The van der Waals surface area contributed by atoms with Gasteiger partial charge in [-0.2, -0.15) is 0 Å². The van der Waals surface area contributed by atoms with E-state index in [1.165, 1.54) is 19.2 Å². The predicted octanol–water partition coefficient (Wildman–Crippen LogP) is 5.49. The number of nitrogens with two attached hydrogens (primary N) is 1. The molecule has 3 heterocycles. The van der Waals surface area contributed by atoms with Crippen LogP contribution in [-0.2, 0) is 33.3 Å². The van der Waals surface area contributed by atoms with Crippen molar-refractivity contribution in [2.45, 2.75) is 103 Å². The first kappa shape index (κ1) is 66.7. The third-order valence-corrected chi connectivity index (χ3v) is 15.0. The molecular weight excluding hydrogens is 1110 g/mol. The van der Waals surface area contributed by atoms with Crippen LogP contribution in [0.4, 0.5) is 20.3 Å². The Labute approximate surface area is 495 Å². The summed E-state index contributed by atoms with van der Waals surface area (Å²) in [6, 6.07) is 17.5. The topological polar surface area (TPSA) is 261 Å². The molecule has 0 bridgehead atoms. The molecule has 4 aromatic rings. The number of hydrogen-bond donors (Lipinski definition) is 7. The van der Waals surface area contributed by atoms with Gasteiger partial charge in [-0.25, -0.2) is 13.8 Å². The van der Waals surface area contributed by atoms with Crippen molar-refractivity contribution in [1.82, 2.24) is 41.0 Å². The minimum atomic E-state index is -1.16. The van der Waals surface area contributed by atoms with Crippen LogP contribution in [0.5, 0.6) is 5.75 Å². The standard InChI is InChI=1S/C60H83ClF2N10O11/c1-8-47(40-12-10-9-11-13-40)69-57(77)48-35-44(37-73(48)59(79)53(60(4,5)6)70-55(75)38(2)65-7)66-21-27-81-29-31-83-33-32-82-30-28-80-26-20-50(74)71-22-24-72(25-23-71)58(78)41-14-16-43(17-15-41)68-56(76)42-34-49(54(64)67-36-42)84-39(3)51-46(62)19-18-45(61)52(51)63/h9-19,34,36,38-39,44,47-48,53,57,65-66,69,77H,8,20-33,35,37H2,1-7H3,(H2,64,67)(H,68,76)(H,70,75)/t38-,39-,44-,47+,48-,53+,57?/m1/s1. The zero-order valence-corrected chi connectivity index (χ0v) is 49.9. The summed E-state index contributed by atoms with van der Waals surface area (Å²) in [4.78, 5) is 75.9. The fourth-order valence-electron chi connectivity index (χ4n) is 9.73. The molecule has 2 aliphatic heterocycles. The van der Waals surface area contributed by atoms with Gasteiger partial charge >= 0.3 is 0 Å². The van der Waals surface area contributed by atoms with Crippen LogP contribution >= 0.6 is 11.6 Å². The summed E-state index contributed by atoms with van der Waals surface area (Å²) < 4.78 is 57.5. The van der Waals surface area contributed by atoms with Crippen molar-refractivity contribution < 1.29 is 61.5 Å². The monoisotopic (exact) mass is 1190 g/mol. The lowest BCUT2D eigenvalue weighted by molar-refractivity contribution is -0.142. The van der Waals surface area contributed by atoms with Gasteiger partial charge in [0, 0.05) is 68.8 Å². The fourth-order valence-corrected chi connectivity index (χ4v) is 9.89. The molecule has 0 saturated carbocycles. The SMILES string of the molecule is CC[C@H](NC(O)[C@H]1C[C@@H](NCCOCCOCCOCCOCCC(=O)N2CCN(C(=O)c3ccc(NC(=O)c4cnc(N)c(O[C@H](C)c5c(F)ccc(Cl)c5F)c4)cc3)CC2)CN1C(=O)[C@H](NC(=O)[C@@H](C)NC)C(C)(C)C)c1ccccc1. The number of halogens is 3. The Bertz CT molecular complexity index is 2780. The number of aliphatic hydroxyl groups is 1. The molecule has 3 aromatic carbocycles. The maximum atomic E-state index is 14.6. The molecule has 5 amide bonds. The minimum absolute atomic E-state index is 0.0559. The fraction of sp³-hybridized carbons (Fsp3) is 0.533. The van der Waals surface area contributed by atoms with Crippen LogP contribution in [0.1, 0.15) is 105 Å². The summed E-state index contributed by atoms with van der Waals surface area (Å²) in [5, 5.41) is 26.9. The molecule has 6 rings (SSSR count). The summed E-state index contributed by atoms with van der Waals surface area (Å²) in [5.41, 5.74) is 6.83. The minimum Gasteiger partial charge on any atom is -0.482 e. The maximum absolute atomic E-state index is 14.6. The molecule has 84 heavy (non-hydrogen) atoms. The highest BCUT2D eigenvalue weighted by atomic mass is 35.5. The summed E-state index contributed by atoms with van der Waals surface area (Å²) in [5.74, 6) is -3.40. The number of aliphatic hydroxyl groups excluding tert-OH is 1. The van der Waals surface area contributed by atoms with E-state index in [2.05, 4.69) is 31.6 Å². The van der Waals surface area contributed by atoms with Crippen LogP contribution in [0.2, 0.25) is 5.02 Å². The molecule has 2 fully saturated rings. The van der Waals surface area contributed by atoms with Crippen molar-refractivity contribution >= 4 is 52.6 Å². The van der Waals surface area contributed by atoms with Gasteiger partial charge < -0.3 is 70.5 Å². The number of piperazine rings is 1. The lowest BCUT2D eigenvalue weighted by Gasteiger charge is -2.38. The second kappa shape index (κ2) is 32.8. The molecule has 2 aliphatic rings. The van der Waals surface area contributed by atoms with E-state index in [9.17, 15) is 37.9 Å². The molecule has 0 aliphatic carbocycles. The number of ether oxygens (including phenoxy) is 5. The molecular formula is C60H83ClF2N10O11. The van der Waals surface area contributed by atoms with Gasteiger partial charge in [0.05, 0.1) is 87.5 Å². The smallest absolute Gasteiger partial charge is 0.257 e. The number of anilines is 2. The highest BCUT2D eigenvalue weighted by Gasteiger charge is 2.45. The summed E-state index contributed by atoms with van der Waals surface area (Å²) in [6.45, 7) is 15.9. The third-order valence-electron chi connectivity index (χ3n) is 14.7. The number of hydrogen-bond acceptors (Lipinski definition) is 16. The second-order valence-electron chi connectivity index (χ2n) is 21.8. The van der Waals surface area contributed by atoms with Gasteiger partial charge in [-0.3, -0.25) is 29.3 Å². The average Bonchev–Trinajstić information content (AvgIpc) is 3.26. The van der Waals surface area contributed by atoms with Crippen LogP contribution < -0.4 is 37.1 Å². The molecule has 0 spiro atoms. The van der Waals surface area contributed by atoms with Gasteiger partial charge in [-0.05, 0) is 87.2 Å². The first-order valence-corrected chi connectivity index (χ1v) is 28.9. The number of nitrogen functional groups attached to an aromatic ring is 1. The molecule has 7 atom stereocenters. The Morgan fingerprint density at radius 3 is 2.07 bits per heavy atom. The number of likely N-dealkylation sites (N-methyl/N-ethyl adjacent to an activating group) is 1. The first-order valence-electron chi connectivity index (χ1n) is 28.6. The van der Waals surface area contributed by atoms with Gasteiger partial charge in [0.2, 0.25) is 17.7 Å². The zero-order valence-electron chi connectivity index (χ0n) is 49.1. The number of carbonyl (C=O) groups excluding carboxylic acids is 5.